The molecule has 0 heterocycles. The van der Waals surface area contributed by atoms with E-state index in [-0.39, 0.29) is 6.10 Å². The molecule has 0 fully saturated rings. The number of rotatable bonds is 50. The molecule has 0 aromatic heterocycles. The van der Waals surface area contributed by atoms with Crippen LogP contribution in [0.25, 0.3) is 0 Å². The van der Waals surface area contributed by atoms with Gasteiger partial charge in [-0.3, -0.25) is 0 Å². The molecule has 0 radical (unpaired) electrons. The second kappa shape index (κ2) is 52.5. The van der Waals surface area contributed by atoms with Crippen LogP contribution in [0.4, 0.5) is 0 Å². The smallest absolute Gasteiger partial charge is 0.0540 e. The first-order chi connectivity index (χ1) is 27.8. The summed E-state index contributed by atoms with van der Waals surface area (Å²) in [5.41, 5.74) is 0. The maximum Gasteiger partial charge on any atom is 0.0540 e. The molecule has 0 aromatic carbocycles. The third kappa shape index (κ3) is 51.5. The zero-order valence-corrected chi connectivity index (χ0v) is 39.3. The highest BCUT2D eigenvalue weighted by Crippen LogP contribution is 2.18. The van der Waals surface area contributed by atoms with Crippen molar-refractivity contribution < 1.29 is 5.11 Å². The van der Waals surface area contributed by atoms with E-state index in [0.29, 0.717) is 0 Å². The van der Waals surface area contributed by atoms with E-state index in [1.165, 1.54) is 295 Å². The minimum absolute atomic E-state index is 0.0410. The van der Waals surface area contributed by atoms with Gasteiger partial charge in [0.05, 0.1) is 6.10 Å². The molecule has 0 aliphatic carbocycles. The molecule has 0 aromatic rings. The summed E-state index contributed by atoms with van der Waals surface area (Å²) in [6.07, 6.45) is 76.4. The van der Waals surface area contributed by atoms with Crippen LogP contribution in [0.1, 0.15) is 322 Å². The Labute approximate surface area is 356 Å². The van der Waals surface area contributed by atoms with Crippen molar-refractivity contribution in [3.8, 4) is 0 Å². The van der Waals surface area contributed by atoms with Crippen molar-refractivity contribution in [2.24, 2.45) is 0 Å². The molecule has 0 spiro atoms. The number of unbranched alkanes of at least 4 members (excludes halogenated alkanes) is 42. The molecule has 0 saturated heterocycles. The van der Waals surface area contributed by atoms with Crippen LogP contribution < -0.4 is 0 Å². The Morgan fingerprint density at radius 3 is 0.589 bits per heavy atom. The fourth-order valence-electron chi connectivity index (χ4n) is 8.58. The van der Waals surface area contributed by atoms with E-state index in [4.69, 9.17) is 0 Å². The van der Waals surface area contributed by atoms with E-state index < -0.39 is 0 Å². The Balaban J connectivity index is 3.19. The van der Waals surface area contributed by atoms with Gasteiger partial charge in [-0.1, -0.05) is 282 Å². The summed E-state index contributed by atoms with van der Waals surface area (Å²) >= 11 is 0. The molecule has 0 amide bonds. The number of aliphatic hydroxyl groups is 1. The Hall–Kier alpha value is -0.560. The largest absolute Gasteiger partial charge is 0.393 e. The average Bonchev–Trinajstić information content (AvgIpc) is 3.20. The maximum atomic E-state index is 10.3. The van der Waals surface area contributed by atoms with Gasteiger partial charge in [-0.25, -0.2) is 0 Å². The Kier molecular flexibility index (Phi) is 51.9. The first kappa shape index (κ1) is 55.4. The number of hydrogen-bond donors (Lipinski definition) is 1. The molecular formula is C55H108O. The highest BCUT2D eigenvalue weighted by Gasteiger charge is 2.04. The Morgan fingerprint density at radius 2 is 0.393 bits per heavy atom. The van der Waals surface area contributed by atoms with E-state index >= 15 is 0 Å². The molecule has 1 N–H and O–H groups in total. The second-order valence-electron chi connectivity index (χ2n) is 18.5. The van der Waals surface area contributed by atoms with Crippen LogP contribution in [0.2, 0.25) is 0 Å². The van der Waals surface area contributed by atoms with Crippen LogP contribution in [-0.4, -0.2) is 11.2 Å². The van der Waals surface area contributed by atoms with Crippen molar-refractivity contribution in [2.75, 3.05) is 0 Å². The lowest BCUT2D eigenvalue weighted by Crippen LogP contribution is -2.05. The fourth-order valence-corrected chi connectivity index (χ4v) is 8.58. The standard InChI is InChI=1S/C55H108O/c1-3-5-7-9-11-13-15-17-18-19-20-21-22-23-24-25-26-27-28-29-30-31-32-33-34-35-36-37-38-39-40-42-44-46-48-50-52-54-55(56)53-51-49-47-45-43-41-16-14-12-10-8-6-4-2/h21-22,31-32,55-56H,3-20,23-30,33-54H2,1-2H3/b22-21-,32-31-/t55-/m0/s1. The van der Waals surface area contributed by atoms with Crippen LogP contribution in [0.15, 0.2) is 24.3 Å². The van der Waals surface area contributed by atoms with Crippen molar-refractivity contribution in [3.05, 3.63) is 24.3 Å². The molecule has 1 atom stereocenters. The summed E-state index contributed by atoms with van der Waals surface area (Å²) in [5, 5.41) is 10.3. The Bertz CT molecular complexity index is 723. The van der Waals surface area contributed by atoms with E-state index in [0.717, 1.165) is 12.8 Å². The topological polar surface area (TPSA) is 20.2 Å². The van der Waals surface area contributed by atoms with Crippen molar-refractivity contribution in [3.63, 3.8) is 0 Å². The summed E-state index contributed by atoms with van der Waals surface area (Å²) < 4.78 is 0. The number of aliphatic hydroxyl groups excluding tert-OH is 1. The average molecular weight is 785 g/mol. The van der Waals surface area contributed by atoms with E-state index in [1.807, 2.05) is 0 Å². The molecule has 1 heteroatoms. The molecule has 56 heavy (non-hydrogen) atoms. The molecular weight excluding hydrogens is 677 g/mol. The molecule has 0 unspecified atom stereocenters. The lowest BCUT2D eigenvalue weighted by molar-refractivity contribution is 0.147. The minimum Gasteiger partial charge on any atom is -0.393 e. The van der Waals surface area contributed by atoms with E-state index in [1.54, 1.807) is 0 Å². The highest BCUT2D eigenvalue weighted by molar-refractivity contribution is 4.82. The molecule has 0 bridgehead atoms. The molecule has 334 valence electrons. The first-order valence-electron chi connectivity index (χ1n) is 26.8. The molecule has 0 rings (SSSR count). The molecule has 0 saturated carbocycles. The number of hydrogen-bond acceptors (Lipinski definition) is 1. The van der Waals surface area contributed by atoms with Crippen LogP contribution in [0, 0.1) is 0 Å². The van der Waals surface area contributed by atoms with Gasteiger partial charge in [0.2, 0.25) is 0 Å². The summed E-state index contributed by atoms with van der Waals surface area (Å²) in [5.74, 6) is 0. The lowest BCUT2D eigenvalue weighted by atomic mass is 10.0. The van der Waals surface area contributed by atoms with Gasteiger partial charge >= 0.3 is 0 Å². The normalized spacial score (nSPS) is 12.6. The summed E-state index contributed by atoms with van der Waals surface area (Å²) in [6, 6.07) is 0. The Morgan fingerprint density at radius 1 is 0.232 bits per heavy atom. The highest BCUT2D eigenvalue weighted by atomic mass is 16.3. The van der Waals surface area contributed by atoms with Crippen LogP contribution >= 0.6 is 0 Å². The van der Waals surface area contributed by atoms with E-state index in [2.05, 4.69) is 38.2 Å². The monoisotopic (exact) mass is 785 g/mol. The molecule has 1 nitrogen and oxygen atoms in total. The maximum absolute atomic E-state index is 10.3. The van der Waals surface area contributed by atoms with Crippen LogP contribution in [0.5, 0.6) is 0 Å². The lowest BCUT2D eigenvalue weighted by Gasteiger charge is -2.10. The molecule has 0 aliphatic heterocycles. The van der Waals surface area contributed by atoms with Crippen LogP contribution in [0.3, 0.4) is 0 Å². The van der Waals surface area contributed by atoms with Crippen molar-refractivity contribution in [1.29, 1.82) is 0 Å². The number of allylic oxidation sites excluding steroid dienone is 4. The third-order valence-electron chi connectivity index (χ3n) is 12.6. The van der Waals surface area contributed by atoms with Gasteiger partial charge < -0.3 is 5.11 Å². The minimum atomic E-state index is -0.0410. The van der Waals surface area contributed by atoms with Crippen molar-refractivity contribution in [2.45, 2.75) is 328 Å². The quantitative estimate of drug-likeness (QED) is 0.0481. The van der Waals surface area contributed by atoms with Gasteiger partial charge in [-0.2, -0.15) is 0 Å². The predicted molar refractivity (Wildman–Crippen MR) is 257 cm³/mol. The van der Waals surface area contributed by atoms with Gasteiger partial charge in [0.15, 0.2) is 0 Å². The zero-order chi connectivity index (χ0) is 40.3. The first-order valence-corrected chi connectivity index (χ1v) is 26.8. The van der Waals surface area contributed by atoms with Crippen molar-refractivity contribution in [1.82, 2.24) is 0 Å². The summed E-state index contributed by atoms with van der Waals surface area (Å²) in [4.78, 5) is 0. The predicted octanol–water partition coefficient (Wildman–Crippen LogP) is 20.2. The fraction of sp³-hybridized carbons (Fsp3) is 0.927. The van der Waals surface area contributed by atoms with Gasteiger partial charge in [0.1, 0.15) is 0 Å². The summed E-state index contributed by atoms with van der Waals surface area (Å²) in [7, 11) is 0. The van der Waals surface area contributed by atoms with Crippen LogP contribution in [-0.2, 0) is 0 Å². The van der Waals surface area contributed by atoms with Gasteiger partial charge in [0.25, 0.3) is 0 Å². The zero-order valence-electron chi connectivity index (χ0n) is 39.3. The van der Waals surface area contributed by atoms with E-state index in [9.17, 15) is 5.11 Å². The van der Waals surface area contributed by atoms with Crippen molar-refractivity contribution >= 4 is 0 Å². The van der Waals surface area contributed by atoms with Gasteiger partial charge in [0, 0.05) is 0 Å². The van der Waals surface area contributed by atoms with Gasteiger partial charge in [-0.15, -0.1) is 0 Å². The third-order valence-corrected chi connectivity index (χ3v) is 12.6. The summed E-state index contributed by atoms with van der Waals surface area (Å²) in [6.45, 7) is 4.60. The molecule has 0 aliphatic rings. The van der Waals surface area contributed by atoms with Gasteiger partial charge in [-0.05, 0) is 64.2 Å². The second-order valence-corrected chi connectivity index (χ2v) is 18.5. The SMILES string of the molecule is CCCCCCCCCCCC/C=C\CCCCCCCC/C=C\CCCCCCCCCCCCCCC[C@@H](O)CCCCCCCCCCCCCCC.